The van der Waals surface area contributed by atoms with Gasteiger partial charge in [0.2, 0.25) is 0 Å². The lowest BCUT2D eigenvalue weighted by Crippen LogP contribution is -2.12. The molecule has 130 valence electrons. The molecule has 2 aromatic rings. The Morgan fingerprint density at radius 3 is 2.40 bits per heavy atom. The predicted molar refractivity (Wildman–Crippen MR) is 91.5 cm³/mol. The lowest BCUT2D eigenvalue weighted by molar-refractivity contribution is 0.102. The molecule has 9 nitrogen and oxygen atoms in total. The van der Waals surface area contributed by atoms with Crippen LogP contribution in [0.15, 0.2) is 67.8 Å². The third kappa shape index (κ3) is 4.75. The summed E-state index contributed by atoms with van der Waals surface area (Å²) in [6.07, 6.45) is 0. The van der Waals surface area contributed by atoms with Crippen molar-refractivity contribution in [2.75, 3.05) is 19.4 Å². The molecule has 0 spiro atoms. The van der Waals surface area contributed by atoms with E-state index in [0.29, 0.717) is 16.9 Å². The van der Waals surface area contributed by atoms with Crippen molar-refractivity contribution in [3.05, 3.63) is 48.0 Å². The van der Waals surface area contributed by atoms with Crippen LogP contribution in [0.2, 0.25) is 0 Å². The maximum Gasteiger partial charge on any atom is 0.296 e. The molecule has 2 rings (SSSR count). The van der Waals surface area contributed by atoms with E-state index in [1.807, 2.05) is 0 Å². The van der Waals surface area contributed by atoms with Gasteiger partial charge in [-0.25, -0.2) is 0 Å². The zero-order valence-corrected chi connectivity index (χ0v) is 14.2. The van der Waals surface area contributed by atoms with Gasteiger partial charge in [-0.05, 0) is 36.4 Å². The zero-order valence-electron chi connectivity index (χ0n) is 13.4. The van der Waals surface area contributed by atoms with Gasteiger partial charge in [0.1, 0.15) is 10.6 Å². The molecule has 0 bridgehead atoms. The van der Waals surface area contributed by atoms with Gasteiger partial charge in [0, 0.05) is 25.3 Å². The number of nitrogens with one attached hydrogen (secondary N) is 1. The summed E-state index contributed by atoms with van der Waals surface area (Å²) in [5, 5.41) is 17.3. The minimum absolute atomic E-state index is 0.0867. The molecule has 0 aliphatic carbocycles. The van der Waals surface area contributed by atoms with Gasteiger partial charge >= 0.3 is 0 Å². The van der Waals surface area contributed by atoms with E-state index in [0.717, 1.165) is 6.07 Å². The molecule has 2 N–H and O–H groups in total. The van der Waals surface area contributed by atoms with Crippen LogP contribution in [0, 0.1) is 0 Å². The summed E-state index contributed by atoms with van der Waals surface area (Å²) < 4.78 is 31.9. The third-order valence-electron chi connectivity index (χ3n) is 3.03. The van der Waals surface area contributed by atoms with Gasteiger partial charge in [-0.2, -0.15) is 28.9 Å². The SMILES string of the molecule is C/N=N/c1cccc(C(=O)Nc2ccc(S(=O)(=O)O)c(/N=N/C)c2)c1. The van der Waals surface area contributed by atoms with Crippen molar-refractivity contribution < 1.29 is 17.8 Å². The summed E-state index contributed by atoms with van der Waals surface area (Å²) in [7, 11) is -1.58. The first-order valence-corrected chi connectivity index (χ1v) is 8.42. The monoisotopic (exact) mass is 361 g/mol. The summed E-state index contributed by atoms with van der Waals surface area (Å²) in [5.74, 6) is -0.424. The van der Waals surface area contributed by atoms with Gasteiger partial charge in [-0.3, -0.25) is 9.35 Å². The van der Waals surface area contributed by atoms with Crippen LogP contribution in [0.25, 0.3) is 0 Å². The number of amides is 1. The van der Waals surface area contributed by atoms with E-state index in [9.17, 15) is 17.8 Å². The molecule has 0 heterocycles. The molecule has 0 aliphatic rings. The van der Waals surface area contributed by atoms with E-state index in [-0.39, 0.29) is 5.69 Å². The fraction of sp³-hybridized carbons (Fsp3) is 0.133. The van der Waals surface area contributed by atoms with E-state index in [4.69, 9.17) is 0 Å². The Labute approximate surface area is 144 Å². The van der Waals surface area contributed by atoms with E-state index >= 15 is 0 Å². The number of carbonyl (C=O) groups excluding carboxylic acids is 1. The fourth-order valence-corrected chi connectivity index (χ4v) is 2.63. The second-order valence-corrected chi connectivity index (χ2v) is 6.15. The minimum Gasteiger partial charge on any atom is -0.322 e. The van der Waals surface area contributed by atoms with Crippen LogP contribution in [0.5, 0.6) is 0 Å². The van der Waals surface area contributed by atoms with Gasteiger partial charge in [-0.15, -0.1) is 0 Å². The lowest BCUT2D eigenvalue weighted by Gasteiger charge is -2.08. The van der Waals surface area contributed by atoms with Crippen molar-refractivity contribution in [3.63, 3.8) is 0 Å². The lowest BCUT2D eigenvalue weighted by atomic mass is 10.2. The van der Waals surface area contributed by atoms with E-state index in [1.54, 1.807) is 24.3 Å². The number of rotatable bonds is 5. The van der Waals surface area contributed by atoms with Crippen molar-refractivity contribution in [1.29, 1.82) is 0 Å². The number of azo groups is 2. The van der Waals surface area contributed by atoms with Crippen LogP contribution < -0.4 is 5.32 Å². The molecule has 0 aromatic heterocycles. The average Bonchev–Trinajstić information content (AvgIpc) is 2.55. The molecule has 2 aromatic carbocycles. The summed E-state index contributed by atoms with van der Waals surface area (Å²) in [6.45, 7) is 0. The highest BCUT2D eigenvalue weighted by atomic mass is 32.2. The van der Waals surface area contributed by atoms with E-state index < -0.39 is 20.9 Å². The Morgan fingerprint density at radius 1 is 1.04 bits per heavy atom. The molecule has 0 saturated carbocycles. The molecule has 25 heavy (non-hydrogen) atoms. The van der Waals surface area contributed by atoms with Gasteiger partial charge in [0.25, 0.3) is 16.0 Å². The summed E-state index contributed by atoms with van der Waals surface area (Å²) in [6, 6.07) is 10.3. The fourth-order valence-electron chi connectivity index (χ4n) is 2.03. The molecule has 0 atom stereocenters. The van der Waals surface area contributed by atoms with Crippen LogP contribution in [0.1, 0.15) is 10.4 Å². The standard InChI is InChI=1S/C15H15N5O4S/c1-16-19-12-5-3-4-10(8-12)15(21)18-11-6-7-14(25(22,23)24)13(9-11)20-17-2/h3-9H,1-2H3,(H,18,21)(H,22,23,24)/b19-16+,20-17+. The van der Waals surface area contributed by atoms with Crippen molar-refractivity contribution in [1.82, 2.24) is 0 Å². The van der Waals surface area contributed by atoms with Gasteiger partial charge in [-0.1, -0.05) is 6.07 Å². The Kier molecular flexibility index (Phi) is 5.67. The molecule has 0 fully saturated rings. The molecule has 10 heteroatoms. The largest absolute Gasteiger partial charge is 0.322 e. The summed E-state index contributed by atoms with van der Waals surface area (Å²) in [5.41, 5.74) is 1.08. The number of nitrogens with zero attached hydrogens (tertiary/aromatic N) is 4. The average molecular weight is 361 g/mol. The number of carbonyl (C=O) groups is 1. The highest BCUT2D eigenvalue weighted by Crippen LogP contribution is 2.28. The smallest absolute Gasteiger partial charge is 0.296 e. The summed E-state index contributed by atoms with van der Waals surface area (Å²) in [4.78, 5) is 11.9. The highest BCUT2D eigenvalue weighted by Gasteiger charge is 2.17. The maximum atomic E-state index is 12.3. The first kappa shape index (κ1) is 18.4. The predicted octanol–water partition coefficient (Wildman–Crippen LogP) is 3.61. The van der Waals surface area contributed by atoms with Gasteiger partial charge in [0.15, 0.2) is 0 Å². The van der Waals surface area contributed by atoms with Crippen LogP contribution in [0.4, 0.5) is 17.1 Å². The molecule has 0 unspecified atom stereocenters. The summed E-state index contributed by atoms with van der Waals surface area (Å²) >= 11 is 0. The Hall–Kier alpha value is -2.98. The van der Waals surface area contributed by atoms with E-state index in [2.05, 4.69) is 25.8 Å². The molecule has 0 radical (unpaired) electrons. The normalized spacial score (nSPS) is 12.0. The second-order valence-electron chi connectivity index (χ2n) is 4.76. The van der Waals surface area contributed by atoms with E-state index in [1.165, 1.54) is 26.2 Å². The van der Waals surface area contributed by atoms with Crippen LogP contribution in [-0.4, -0.2) is 33.0 Å². The molecular formula is C15H15N5O4S. The van der Waals surface area contributed by atoms with Crippen molar-refractivity contribution in [3.8, 4) is 0 Å². The van der Waals surface area contributed by atoms with Crippen LogP contribution >= 0.6 is 0 Å². The van der Waals surface area contributed by atoms with Crippen molar-refractivity contribution in [2.24, 2.45) is 20.5 Å². The third-order valence-corrected chi connectivity index (χ3v) is 3.93. The Bertz CT molecular complexity index is 954. The second kappa shape index (κ2) is 7.73. The number of anilines is 1. The molecule has 0 aliphatic heterocycles. The molecule has 0 saturated heterocycles. The quantitative estimate of drug-likeness (QED) is 0.621. The Balaban J connectivity index is 2.32. The van der Waals surface area contributed by atoms with Gasteiger partial charge in [0.05, 0.1) is 5.69 Å². The van der Waals surface area contributed by atoms with Crippen molar-refractivity contribution in [2.45, 2.75) is 4.90 Å². The van der Waals surface area contributed by atoms with Gasteiger partial charge < -0.3 is 5.32 Å². The minimum atomic E-state index is -4.45. The zero-order chi connectivity index (χ0) is 18.4. The number of hydrogen-bond acceptors (Lipinski definition) is 7. The first-order chi connectivity index (χ1) is 11.8. The molecule has 1 amide bonds. The maximum absolute atomic E-state index is 12.3. The topological polar surface area (TPSA) is 133 Å². The van der Waals surface area contributed by atoms with Crippen LogP contribution in [-0.2, 0) is 10.1 Å². The Morgan fingerprint density at radius 2 is 1.76 bits per heavy atom. The first-order valence-electron chi connectivity index (χ1n) is 6.98. The van der Waals surface area contributed by atoms with Crippen molar-refractivity contribution >= 4 is 33.1 Å². The van der Waals surface area contributed by atoms with Crippen LogP contribution in [0.3, 0.4) is 0 Å². The highest BCUT2D eigenvalue weighted by molar-refractivity contribution is 7.86. The number of hydrogen-bond donors (Lipinski definition) is 2. The number of benzene rings is 2. The molecular weight excluding hydrogens is 346 g/mol.